The molecule has 0 amide bonds. The van der Waals surface area contributed by atoms with Gasteiger partial charge in [-0.05, 0) is 99.8 Å². The first-order valence-corrected chi connectivity index (χ1v) is 15.8. The maximum atomic E-state index is 14.4. The van der Waals surface area contributed by atoms with E-state index in [9.17, 15) is 17.2 Å². The highest BCUT2D eigenvalue weighted by atomic mass is 32.2. The second kappa shape index (κ2) is 11.6. The van der Waals surface area contributed by atoms with Crippen LogP contribution in [-0.4, -0.2) is 49.7 Å². The zero-order chi connectivity index (χ0) is 30.2. The Morgan fingerprint density at radius 3 is 2.47 bits per heavy atom. The number of methoxy groups -OCH3 is 1. The standard InChI is InChI=1S/C31H33F2N5O4S/c1-19-24-13-20(15-27(29(24)37-18-36-19)42-23-5-7-31(8-6-23)9-11-34-12-10-31)21-14-26(30(41-2)35-17-21)38-43(39,40)28-4-3-22(32)16-25(28)33/h3-4,13-18,23,34,38H,5-12H2,1-2H3. The summed E-state index contributed by atoms with van der Waals surface area (Å²) in [7, 11) is -3.09. The highest BCUT2D eigenvalue weighted by molar-refractivity contribution is 7.92. The Bertz CT molecular complexity index is 1770. The van der Waals surface area contributed by atoms with Gasteiger partial charge in [-0.1, -0.05) is 0 Å². The van der Waals surface area contributed by atoms with E-state index in [-0.39, 0.29) is 17.7 Å². The molecule has 1 saturated heterocycles. The van der Waals surface area contributed by atoms with Gasteiger partial charge in [0.25, 0.3) is 10.0 Å². The van der Waals surface area contributed by atoms with Crippen LogP contribution in [0.2, 0.25) is 0 Å². The number of aryl methyl sites for hydroxylation is 1. The maximum absolute atomic E-state index is 14.4. The fourth-order valence-corrected chi connectivity index (χ4v) is 7.32. The number of fused-ring (bicyclic) bond motifs is 1. The molecule has 2 aliphatic rings. The smallest absolute Gasteiger partial charge is 0.264 e. The molecule has 0 radical (unpaired) electrons. The molecular formula is C31H33F2N5O4S. The monoisotopic (exact) mass is 609 g/mol. The van der Waals surface area contributed by atoms with Crippen LogP contribution in [0.3, 0.4) is 0 Å². The van der Waals surface area contributed by atoms with E-state index in [0.29, 0.717) is 33.9 Å². The molecular weight excluding hydrogens is 576 g/mol. The number of halogens is 2. The van der Waals surface area contributed by atoms with Gasteiger partial charge < -0.3 is 14.8 Å². The van der Waals surface area contributed by atoms with Crippen LogP contribution >= 0.6 is 0 Å². The predicted molar refractivity (Wildman–Crippen MR) is 159 cm³/mol. The first-order valence-electron chi connectivity index (χ1n) is 14.3. The lowest BCUT2D eigenvalue weighted by Crippen LogP contribution is -2.41. The molecule has 1 aliphatic heterocycles. The van der Waals surface area contributed by atoms with Gasteiger partial charge in [0, 0.05) is 28.9 Å². The summed E-state index contributed by atoms with van der Waals surface area (Å²) in [6.45, 7) is 4.03. The largest absolute Gasteiger partial charge is 0.488 e. The predicted octanol–water partition coefficient (Wildman–Crippen LogP) is 5.78. The summed E-state index contributed by atoms with van der Waals surface area (Å²) in [6, 6.07) is 7.60. The SMILES string of the molecule is COc1ncc(-c2cc(OC3CCC4(CCNCC4)CC3)c3ncnc(C)c3c2)cc1NS(=O)(=O)c1ccc(F)cc1F. The zero-order valence-corrected chi connectivity index (χ0v) is 24.8. The summed E-state index contributed by atoms with van der Waals surface area (Å²) >= 11 is 0. The molecule has 0 atom stereocenters. The molecule has 2 aromatic carbocycles. The number of ether oxygens (including phenoxy) is 2. The number of nitrogens with zero attached hydrogens (tertiary/aromatic N) is 3. The Kier molecular flexibility index (Phi) is 7.91. The molecule has 0 bridgehead atoms. The van der Waals surface area contributed by atoms with Crippen LogP contribution in [0.15, 0.2) is 53.8 Å². The van der Waals surface area contributed by atoms with Gasteiger partial charge in [0.05, 0.1) is 13.2 Å². The lowest BCUT2D eigenvalue weighted by Gasteiger charge is -2.43. The molecule has 1 spiro atoms. The molecule has 226 valence electrons. The molecule has 2 fully saturated rings. The Morgan fingerprint density at radius 1 is 0.977 bits per heavy atom. The molecule has 0 unspecified atom stereocenters. The lowest BCUT2D eigenvalue weighted by molar-refractivity contribution is 0.0579. The van der Waals surface area contributed by atoms with Gasteiger partial charge in [0.2, 0.25) is 5.88 Å². The van der Waals surface area contributed by atoms with Crippen LogP contribution in [0.1, 0.15) is 44.2 Å². The quantitative estimate of drug-likeness (QED) is 0.271. The number of pyridine rings is 1. The van der Waals surface area contributed by atoms with Crippen molar-refractivity contribution in [1.29, 1.82) is 0 Å². The molecule has 3 heterocycles. The van der Waals surface area contributed by atoms with E-state index in [0.717, 1.165) is 62.0 Å². The van der Waals surface area contributed by atoms with E-state index in [1.165, 1.54) is 26.3 Å². The van der Waals surface area contributed by atoms with E-state index in [1.807, 2.05) is 19.1 Å². The molecule has 2 N–H and O–H groups in total. The van der Waals surface area contributed by atoms with Crippen LogP contribution in [-0.2, 0) is 10.0 Å². The van der Waals surface area contributed by atoms with Crippen LogP contribution in [0.4, 0.5) is 14.5 Å². The number of benzene rings is 2. The van der Waals surface area contributed by atoms with E-state index >= 15 is 0 Å². The van der Waals surface area contributed by atoms with Crippen molar-refractivity contribution in [3.8, 4) is 22.8 Å². The van der Waals surface area contributed by atoms with Crippen molar-refractivity contribution in [2.45, 2.75) is 56.4 Å². The summed E-state index contributed by atoms with van der Waals surface area (Å²) in [5.41, 5.74) is 3.13. The third-order valence-corrected chi connectivity index (χ3v) is 10.1. The van der Waals surface area contributed by atoms with Gasteiger partial charge in [0.15, 0.2) is 0 Å². The highest BCUT2D eigenvalue weighted by Crippen LogP contribution is 2.45. The van der Waals surface area contributed by atoms with Crippen molar-refractivity contribution < 1.29 is 26.7 Å². The molecule has 2 aromatic heterocycles. The number of piperidine rings is 1. The number of hydrogen-bond donors (Lipinski definition) is 2. The van der Waals surface area contributed by atoms with Crippen molar-refractivity contribution >= 4 is 26.6 Å². The van der Waals surface area contributed by atoms with Gasteiger partial charge in [-0.2, -0.15) is 0 Å². The van der Waals surface area contributed by atoms with Gasteiger partial charge in [-0.25, -0.2) is 32.2 Å². The van der Waals surface area contributed by atoms with Crippen molar-refractivity contribution in [3.63, 3.8) is 0 Å². The topological polar surface area (TPSA) is 115 Å². The van der Waals surface area contributed by atoms with Crippen LogP contribution in [0, 0.1) is 24.0 Å². The van der Waals surface area contributed by atoms with Crippen LogP contribution in [0.5, 0.6) is 11.6 Å². The van der Waals surface area contributed by atoms with Crippen molar-refractivity contribution in [2.75, 3.05) is 24.9 Å². The van der Waals surface area contributed by atoms with E-state index in [4.69, 9.17) is 9.47 Å². The molecule has 6 rings (SSSR count). The summed E-state index contributed by atoms with van der Waals surface area (Å²) in [4.78, 5) is 12.5. The van der Waals surface area contributed by atoms with Gasteiger partial charge in [0.1, 0.15) is 39.8 Å². The maximum Gasteiger partial charge on any atom is 0.264 e. The third kappa shape index (κ3) is 5.98. The number of aromatic nitrogens is 3. The fourth-order valence-electron chi connectivity index (χ4n) is 6.21. The summed E-state index contributed by atoms with van der Waals surface area (Å²) in [6.07, 6.45) is 9.72. The average molecular weight is 610 g/mol. The summed E-state index contributed by atoms with van der Waals surface area (Å²) in [5.74, 6) is -1.49. The Labute approximate surface area is 249 Å². The second-order valence-electron chi connectivity index (χ2n) is 11.4. The second-order valence-corrected chi connectivity index (χ2v) is 13.0. The fraction of sp³-hybridized carbons (Fsp3) is 0.387. The van der Waals surface area contributed by atoms with E-state index < -0.39 is 26.6 Å². The zero-order valence-electron chi connectivity index (χ0n) is 24.0. The first kappa shape index (κ1) is 29.2. The number of rotatable bonds is 7. The number of sulfonamides is 1. The van der Waals surface area contributed by atoms with Gasteiger partial charge in [-0.15, -0.1) is 0 Å². The minimum atomic E-state index is -4.43. The average Bonchev–Trinajstić information content (AvgIpc) is 2.99. The Morgan fingerprint density at radius 2 is 1.74 bits per heavy atom. The van der Waals surface area contributed by atoms with Gasteiger partial charge in [-0.3, -0.25) is 4.72 Å². The summed E-state index contributed by atoms with van der Waals surface area (Å²) < 4.78 is 68.2. The summed E-state index contributed by atoms with van der Waals surface area (Å²) in [5, 5.41) is 4.26. The number of nitrogens with one attached hydrogen (secondary N) is 2. The lowest BCUT2D eigenvalue weighted by atomic mass is 9.68. The minimum absolute atomic E-state index is 0.00752. The first-order chi connectivity index (χ1) is 20.7. The molecule has 9 nitrogen and oxygen atoms in total. The molecule has 1 saturated carbocycles. The molecule has 43 heavy (non-hydrogen) atoms. The number of hydrogen-bond acceptors (Lipinski definition) is 8. The molecule has 12 heteroatoms. The minimum Gasteiger partial charge on any atom is -0.488 e. The van der Waals surface area contributed by atoms with Crippen LogP contribution in [0.25, 0.3) is 22.0 Å². The van der Waals surface area contributed by atoms with Crippen molar-refractivity contribution in [2.24, 2.45) is 5.41 Å². The van der Waals surface area contributed by atoms with E-state index in [2.05, 4.69) is 25.0 Å². The Hall–Kier alpha value is -3.90. The number of anilines is 1. The highest BCUT2D eigenvalue weighted by Gasteiger charge is 2.37. The van der Waals surface area contributed by atoms with Crippen molar-refractivity contribution in [1.82, 2.24) is 20.3 Å². The Balaban J connectivity index is 1.33. The normalized spacial score (nSPS) is 17.2. The van der Waals surface area contributed by atoms with Crippen molar-refractivity contribution in [3.05, 3.63) is 66.3 Å². The van der Waals surface area contributed by atoms with E-state index in [1.54, 1.807) is 12.3 Å². The van der Waals surface area contributed by atoms with Crippen LogP contribution < -0.4 is 19.5 Å². The molecule has 1 aliphatic carbocycles. The molecule has 4 aromatic rings. The van der Waals surface area contributed by atoms with Gasteiger partial charge >= 0.3 is 0 Å². The third-order valence-electron chi connectivity index (χ3n) is 8.66.